The Hall–Kier alpha value is -0.910. The largest absolute Gasteiger partial charge is 0.475 e. The second-order valence-electron chi connectivity index (χ2n) is 4.06. The van der Waals surface area contributed by atoms with Gasteiger partial charge in [0.15, 0.2) is 0 Å². The van der Waals surface area contributed by atoms with Crippen molar-refractivity contribution in [1.29, 1.82) is 0 Å². The third-order valence-electron chi connectivity index (χ3n) is 2.46. The van der Waals surface area contributed by atoms with E-state index in [0.29, 0.717) is 43.3 Å². The number of aromatic nitrogens is 2. The molecule has 0 spiro atoms. The van der Waals surface area contributed by atoms with Gasteiger partial charge in [0.25, 0.3) is 0 Å². The summed E-state index contributed by atoms with van der Waals surface area (Å²) in [6.07, 6.45) is 1.76. The molecule has 0 bridgehead atoms. The van der Waals surface area contributed by atoms with Gasteiger partial charge in [-0.05, 0) is 13.3 Å². The molecule has 0 aliphatic heterocycles. The molecular weight excluding hydrogens is 268 g/mol. The Morgan fingerprint density at radius 3 is 2.53 bits per heavy atom. The van der Waals surface area contributed by atoms with Gasteiger partial charge < -0.3 is 14.2 Å². The Morgan fingerprint density at radius 1 is 1.11 bits per heavy atom. The van der Waals surface area contributed by atoms with Gasteiger partial charge in [-0.1, -0.05) is 18.5 Å². The molecule has 0 saturated heterocycles. The first kappa shape index (κ1) is 16.1. The second-order valence-corrected chi connectivity index (χ2v) is 4.42. The topological polar surface area (TPSA) is 53.5 Å². The standard InChI is InChI=1S/C13H21ClN2O3/c1-4-5-11-15-12(14)10(2)13(16-11)19-9-8-18-7-6-17-3/h4-9H2,1-3H3. The van der Waals surface area contributed by atoms with Crippen molar-refractivity contribution in [1.82, 2.24) is 9.97 Å². The molecule has 0 aliphatic rings. The van der Waals surface area contributed by atoms with E-state index >= 15 is 0 Å². The lowest BCUT2D eigenvalue weighted by Crippen LogP contribution is -2.12. The molecule has 5 nitrogen and oxygen atoms in total. The van der Waals surface area contributed by atoms with E-state index in [0.717, 1.165) is 18.4 Å². The maximum atomic E-state index is 6.06. The van der Waals surface area contributed by atoms with Crippen LogP contribution in [0.3, 0.4) is 0 Å². The van der Waals surface area contributed by atoms with Crippen molar-refractivity contribution in [3.8, 4) is 5.88 Å². The molecule has 1 heterocycles. The predicted octanol–water partition coefficient (Wildman–Crippen LogP) is 2.43. The molecule has 19 heavy (non-hydrogen) atoms. The summed E-state index contributed by atoms with van der Waals surface area (Å²) in [4.78, 5) is 8.58. The number of aryl methyl sites for hydroxylation is 1. The summed E-state index contributed by atoms with van der Waals surface area (Å²) in [7, 11) is 1.64. The monoisotopic (exact) mass is 288 g/mol. The number of hydrogen-bond donors (Lipinski definition) is 0. The molecule has 0 fully saturated rings. The zero-order valence-electron chi connectivity index (χ0n) is 11.7. The van der Waals surface area contributed by atoms with Crippen LogP contribution in [0.4, 0.5) is 0 Å². The normalized spacial score (nSPS) is 10.7. The minimum absolute atomic E-state index is 0.434. The molecule has 0 aliphatic carbocycles. The first-order valence-electron chi connectivity index (χ1n) is 6.41. The van der Waals surface area contributed by atoms with Crippen LogP contribution in [0.5, 0.6) is 5.88 Å². The summed E-state index contributed by atoms with van der Waals surface area (Å²) in [6, 6.07) is 0. The number of halogens is 1. The molecule has 1 aromatic heterocycles. The predicted molar refractivity (Wildman–Crippen MR) is 74.0 cm³/mol. The molecule has 0 unspecified atom stereocenters. The molecule has 1 aromatic rings. The molecule has 108 valence electrons. The van der Waals surface area contributed by atoms with Crippen molar-refractivity contribution in [2.24, 2.45) is 0 Å². The fraction of sp³-hybridized carbons (Fsp3) is 0.692. The molecule has 1 rings (SSSR count). The van der Waals surface area contributed by atoms with Crippen molar-refractivity contribution in [3.63, 3.8) is 0 Å². The fourth-order valence-corrected chi connectivity index (χ4v) is 1.61. The van der Waals surface area contributed by atoms with Crippen LogP contribution in [0.25, 0.3) is 0 Å². The number of ether oxygens (including phenoxy) is 3. The van der Waals surface area contributed by atoms with Crippen LogP contribution in [0.2, 0.25) is 5.15 Å². The first-order chi connectivity index (χ1) is 9.19. The van der Waals surface area contributed by atoms with Gasteiger partial charge in [0.2, 0.25) is 5.88 Å². The van der Waals surface area contributed by atoms with Gasteiger partial charge in [-0.15, -0.1) is 0 Å². The van der Waals surface area contributed by atoms with Crippen molar-refractivity contribution >= 4 is 11.6 Å². The van der Waals surface area contributed by atoms with Crippen LogP contribution in [0, 0.1) is 6.92 Å². The number of methoxy groups -OCH3 is 1. The highest BCUT2D eigenvalue weighted by Crippen LogP contribution is 2.22. The van der Waals surface area contributed by atoms with Crippen LogP contribution in [-0.4, -0.2) is 43.5 Å². The van der Waals surface area contributed by atoms with Crippen LogP contribution in [-0.2, 0) is 15.9 Å². The summed E-state index contributed by atoms with van der Waals surface area (Å²) in [5.41, 5.74) is 0.762. The van der Waals surface area contributed by atoms with Gasteiger partial charge >= 0.3 is 0 Å². The van der Waals surface area contributed by atoms with Crippen LogP contribution < -0.4 is 4.74 Å². The van der Waals surface area contributed by atoms with Gasteiger partial charge in [0, 0.05) is 19.1 Å². The average molecular weight is 289 g/mol. The SMILES string of the molecule is CCCc1nc(Cl)c(C)c(OCCOCCOC)n1. The molecule has 0 aromatic carbocycles. The highest BCUT2D eigenvalue weighted by molar-refractivity contribution is 6.30. The van der Waals surface area contributed by atoms with Crippen LogP contribution in [0.15, 0.2) is 0 Å². The Labute approximate surface area is 119 Å². The van der Waals surface area contributed by atoms with E-state index in [9.17, 15) is 0 Å². The van der Waals surface area contributed by atoms with Gasteiger partial charge in [-0.25, -0.2) is 4.98 Å². The molecular formula is C13H21ClN2O3. The molecule has 0 radical (unpaired) electrons. The van der Waals surface area contributed by atoms with Crippen molar-refractivity contribution in [2.75, 3.05) is 33.5 Å². The summed E-state index contributed by atoms with van der Waals surface area (Å²) in [5, 5.41) is 0.453. The number of nitrogens with zero attached hydrogens (tertiary/aromatic N) is 2. The number of hydrogen-bond acceptors (Lipinski definition) is 5. The van der Waals surface area contributed by atoms with E-state index in [4.69, 9.17) is 25.8 Å². The minimum Gasteiger partial charge on any atom is -0.475 e. The van der Waals surface area contributed by atoms with E-state index in [1.165, 1.54) is 0 Å². The summed E-state index contributed by atoms with van der Waals surface area (Å²) in [6.45, 7) is 5.99. The zero-order chi connectivity index (χ0) is 14.1. The van der Waals surface area contributed by atoms with E-state index in [2.05, 4.69) is 16.9 Å². The molecule has 0 N–H and O–H groups in total. The zero-order valence-corrected chi connectivity index (χ0v) is 12.5. The second kappa shape index (κ2) is 9.07. The number of rotatable bonds is 9. The van der Waals surface area contributed by atoms with E-state index in [-0.39, 0.29) is 0 Å². The molecule has 0 atom stereocenters. The van der Waals surface area contributed by atoms with Gasteiger partial charge in [-0.3, -0.25) is 0 Å². The minimum atomic E-state index is 0.434. The maximum absolute atomic E-state index is 6.06. The molecule has 0 saturated carbocycles. The van der Waals surface area contributed by atoms with Crippen molar-refractivity contribution < 1.29 is 14.2 Å². The Morgan fingerprint density at radius 2 is 1.84 bits per heavy atom. The lowest BCUT2D eigenvalue weighted by Gasteiger charge is -2.10. The Balaban J connectivity index is 2.47. The van der Waals surface area contributed by atoms with E-state index in [1.807, 2.05) is 6.92 Å². The molecule has 0 amide bonds. The van der Waals surface area contributed by atoms with Crippen molar-refractivity contribution in [2.45, 2.75) is 26.7 Å². The summed E-state index contributed by atoms with van der Waals surface area (Å²) >= 11 is 6.06. The van der Waals surface area contributed by atoms with Crippen molar-refractivity contribution in [3.05, 3.63) is 16.5 Å². The third-order valence-corrected chi connectivity index (χ3v) is 2.83. The Bertz CT molecular complexity index is 388. The summed E-state index contributed by atoms with van der Waals surface area (Å²) in [5.74, 6) is 1.26. The quantitative estimate of drug-likeness (QED) is 0.516. The summed E-state index contributed by atoms with van der Waals surface area (Å²) < 4.78 is 15.8. The third kappa shape index (κ3) is 5.72. The Kier molecular flexibility index (Phi) is 7.70. The van der Waals surface area contributed by atoms with Crippen LogP contribution in [0.1, 0.15) is 24.7 Å². The lowest BCUT2D eigenvalue weighted by molar-refractivity contribution is 0.0535. The average Bonchev–Trinajstić information content (AvgIpc) is 2.39. The fourth-order valence-electron chi connectivity index (χ4n) is 1.43. The smallest absolute Gasteiger partial charge is 0.221 e. The highest BCUT2D eigenvalue weighted by Gasteiger charge is 2.10. The van der Waals surface area contributed by atoms with Gasteiger partial charge in [0.05, 0.1) is 19.8 Å². The maximum Gasteiger partial charge on any atom is 0.221 e. The van der Waals surface area contributed by atoms with Gasteiger partial charge in [0.1, 0.15) is 17.6 Å². The van der Waals surface area contributed by atoms with E-state index < -0.39 is 0 Å². The molecule has 6 heteroatoms. The van der Waals surface area contributed by atoms with Crippen LogP contribution >= 0.6 is 11.6 Å². The first-order valence-corrected chi connectivity index (χ1v) is 6.79. The van der Waals surface area contributed by atoms with Gasteiger partial charge in [-0.2, -0.15) is 4.98 Å². The highest BCUT2D eigenvalue weighted by atomic mass is 35.5. The van der Waals surface area contributed by atoms with E-state index in [1.54, 1.807) is 7.11 Å². The lowest BCUT2D eigenvalue weighted by atomic mass is 10.3.